The summed E-state index contributed by atoms with van der Waals surface area (Å²) in [4.78, 5) is 9.25. The summed E-state index contributed by atoms with van der Waals surface area (Å²) in [5.74, 6) is 0.311. The molecule has 0 aliphatic rings. The van der Waals surface area contributed by atoms with Crippen molar-refractivity contribution in [3.8, 4) is 22.5 Å². The van der Waals surface area contributed by atoms with Gasteiger partial charge in [-0.2, -0.15) is 0 Å². The summed E-state index contributed by atoms with van der Waals surface area (Å²) in [6, 6.07) is 44.7. The summed E-state index contributed by atoms with van der Waals surface area (Å²) in [5, 5.41) is 5.41. The van der Waals surface area contributed by atoms with Crippen LogP contribution >= 0.6 is 0 Å². The van der Waals surface area contributed by atoms with E-state index in [1.165, 1.54) is 34.0 Å². The second-order valence-corrected chi connectivity index (χ2v) is 21.6. The molecule has 0 fully saturated rings. The standard InChI is InChI=1S/C30H28NO.C20H17FNOSi.Ir/c1-20(2)17-21-15-16-31-27(18-21)22-13-14-28-25(19-22)24-11-8-12-26(29(24)32-28)30(3,4)23-9-6-5-7-10-23;1-24(2,3)14-8-10-18(22-12-14)17-6-4-5-16-15-9-7-13(21)11-19(15)23-20(16)17;/h5-12,14-16,18-20H,17H2,1-4H3;4-5,7-12H,1-3H3;/q2*-1;. The molecule has 57 heavy (non-hydrogen) atoms. The van der Waals surface area contributed by atoms with E-state index in [0.717, 1.165) is 61.6 Å². The molecule has 0 amide bonds. The van der Waals surface area contributed by atoms with Crippen LogP contribution in [0.4, 0.5) is 4.39 Å². The Hall–Kier alpha value is -5.20. The number of halogens is 1. The molecule has 0 unspecified atom stereocenters. The maximum atomic E-state index is 13.5. The Balaban J connectivity index is 0.000000178. The van der Waals surface area contributed by atoms with Crippen molar-refractivity contribution < 1.29 is 33.3 Å². The zero-order valence-electron chi connectivity index (χ0n) is 33.3. The van der Waals surface area contributed by atoms with Crippen LogP contribution in [0.3, 0.4) is 0 Å². The molecule has 0 saturated carbocycles. The number of pyridine rings is 2. The molecule has 5 aromatic carbocycles. The van der Waals surface area contributed by atoms with Gasteiger partial charge in [-0.25, -0.2) is 4.39 Å². The van der Waals surface area contributed by atoms with E-state index < -0.39 is 8.07 Å². The molecule has 1 radical (unpaired) electrons. The van der Waals surface area contributed by atoms with Crippen LogP contribution in [0.1, 0.15) is 44.4 Å². The Bertz CT molecular complexity index is 2840. The first-order valence-corrected chi connectivity index (χ1v) is 22.7. The van der Waals surface area contributed by atoms with Crippen LogP contribution in [0.5, 0.6) is 0 Å². The van der Waals surface area contributed by atoms with Crippen molar-refractivity contribution in [2.45, 2.75) is 59.2 Å². The summed E-state index contributed by atoms with van der Waals surface area (Å²) in [6.07, 6.45) is 4.90. The first kappa shape index (κ1) is 40.0. The van der Waals surface area contributed by atoms with E-state index in [4.69, 9.17) is 8.83 Å². The maximum absolute atomic E-state index is 13.5. The van der Waals surface area contributed by atoms with Crippen molar-refractivity contribution in [3.05, 3.63) is 162 Å². The van der Waals surface area contributed by atoms with E-state index >= 15 is 0 Å². The normalized spacial score (nSPS) is 11.9. The number of nitrogens with zero attached hydrogens (tertiary/aromatic N) is 2. The number of para-hydroxylation sites is 1. The van der Waals surface area contributed by atoms with Gasteiger partial charge in [0.05, 0.1) is 19.2 Å². The summed E-state index contributed by atoms with van der Waals surface area (Å²) < 4.78 is 25.8. The predicted octanol–water partition coefficient (Wildman–Crippen LogP) is 13.1. The molecule has 0 saturated heterocycles. The molecule has 9 aromatic rings. The fraction of sp³-hybridized carbons (Fsp3) is 0.200. The Kier molecular flexibility index (Phi) is 11.2. The molecular formula is C50H45FIrN2O2Si-2. The molecule has 0 atom stereocenters. The Morgan fingerprint density at radius 2 is 1.49 bits per heavy atom. The molecule has 289 valence electrons. The first-order chi connectivity index (χ1) is 26.9. The number of fused-ring (bicyclic) bond motifs is 6. The number of hydrogen-bond donors (Lipinski definition) is 0. The summed E-state index contributed by atoms with van der Waals surface area (Å²) >= 11 is 0. The van der Waals surface area contributed by atoms with Gasteiger partial charge in [-0.05, 0) is 52.7 Å². The minimum absolute atomic E-state index is 0. The molecule has 9 rings (SSSR count). The van der Waals surface area contributed by atoms with Crippen LogP contribution in [0.2, 0.25) is 19.6 Å². The monoisotopic (exact) mass is 945 g/mol. The minimum atomic E-state index is -1.38. The van der Waals surface area contributed by atoms with Crippen LogP contribution in [0.15, 0.2) is 136 Å². The molecular weight excluding hydrogens is 900 g/mol. The number of furan rings is 2. The fourth-order valence-electron chi connectivity index (χ4n) is 7.50. The van der Waals surface area contributed by atoms with E-state index in [-0.39, 0.29) is 31.3 Å². The number of aromatic nitrogens is 2. The first-order valence-electron chi connectivity index (χ1n) is 19.2. The van der Waals surface area contributed by atoms with Gasteiger partial charge in [0.2, 0.25) is 0 Å². The van der Waals surface area contributed by atoms with Crippen molar-refractivity contribution in [2.24, 2.45) is 5.92 Å². The van der Waals surface area contributed by atoms with Gasteiger partial charge < -0.3 is 18.8 Å². The molecule has 0 spiro atoms. The van der Waals surface area contributed by atoms with Gasteiger partial charge in [0, 0.05) is 60.3 Å². The van der Waals surface area contributed by atoms with Gasteiger partial charge in [0.1, 0.15) is 17.0 Å². The smallest absolute Gasteiger partial charge is 0.126 e. The summed E-state index contributed by atoms with van der Waals surface area (Å²) in [6.45, 7) is 15.9. The average Bonchev–Trinajstić information content (AvgIpc) is 3.75. The van der Waals surface area contributed by atoms with Crippen molar-refractivity contribution >= 4 is 57.1 Å². The average molecular weight is 945 g/mol. The molecule has 4 aromatic heterocycles. The van der Waals surface area contributed by atoms with Crippen molar-refractivity contribution in [3.63, 3.8) is 0 Å². The van der Waals surface area contributed by atoms with Crippen LogP contribution in [-0.4, -0.2) is 18.0 Å². The van der Waals surface area contributed by atoms with Crippen molar-refractivity contribution in [1.29, 1.82) is 0 Å². The van der Waals surface area contributed by atoms with E-state index in [9.17, 15) is 4.39 Å². The molecule has 7 heteroatoms. The molecule has 4 nitrogen and oxygen atoms in total. The third-order valence-electron chi connectivity index (χ3n) is 10.6. The molecule has 0 N–H and O–H groups in total. The third kappa shape index (κ3) is 8.02. The predicted molar refractivity (Wildman–Crippen MR) is 232 cm³/mol. The van der Waals surface area contributed by atoms with E-state index in [1.807, 2.05) is 36.7 Å². The number of rotatable bonds is 7. The Morgan fingerprint density at radius 1 is 0.719 bits per heavy atom. The molecule has 0 bridgehead atoms. The van der Waals surface area contributed by atoms with Crippen LogP contribution in [0.25, 0.3) is 66.4 Å². The minimum Gasteiger partial charge on any atom is -0.500 e. The Morgan fingerprint density at radius 3 is 2.23 bits per heavy atom. The zero-order chi connectivity index (χ0) is 39.2. The van der Waals surface area contributed by atoms with Crippen LogP contribution in [-0.2, 0) is 31.9 Å². The largest absolute Gasteiger partial charge is 0.500 e. The van der Waals surface area contributed by atoms with Gasteiger partial charge in [0.15, 0.2) is 0 Å². The summed E-state index contributed by atoms with van der Waals surface area (Å²) in [5.41, 5.74) is 10.2. The van der Waals surface area contributed by atoms with Gasteiger partial charge in [0.25, 0.3) is 0 Å². The zero-order valence-corrected chi connectivity index (χ0v) is 36.7. The maximum Gasteiger partial charge on any atom is 0.126 e. The quantitative estimate of drug-likeness (QED) is 0.118. The van der Waals surface area contributed by atoms with Crippen molar-refractivity contribution in [1.82, 2.24) is 9.97 Å². The van der Waals surface area contributed by atoms with Crippen molar-refractivity contribution in [2.75, 3.05) is 0 Å². The number of hydrogen-bond acceptors (Lipinski definition) is 4. The number of benzene rings is 5. The SMILES string of the molecule is CC(C)Cc1ccnc(-c2[c-]cc3oc4c(C(C)(C)c5ccccc5)cccc4c3c2)c1.C[Si](C)(C)c1ccc(-c2[c-]ccc3c2oc2cc(F)ccc23)nc1.[Ir]. The third-order valence-corrected chi connectivity index (χ3v) is 12.7. The van der Waals surface area contributed by atoms with E-state index in [1.54, 1.807) is 6.07 Å². The van der Waals surface area contributed by atoms with Gasteiger partial charge >= 0.3 is 0 Å². The topological polar surface area (TPSA) is 52.1 Å². The molecule has 0 aliphatic carbocycles. The van der Waals surface area contributed by atoms with Gasteiger partial charge in [-0.15, -0.1) is 42.0 Å². The van der Waals surface area contributed by atoms with Crippen LogP contribution < -0.4 is 5.19 Å². The molecule has 0 aliphatic heterocycles. The van der Waals surface area contributed by atoms with E-state index in [0.29, 0.717) is 17.1 Å². The van der Waals surface area contributed by atoms with Crippen LogP contribution in [0, 0.1) is 23.9 Å². The summed E-state index contributed by atoms with van der Waals surface area (Å²) in [7, 11) is -1.38. The second kappa shape index (κ2) is 16.0. The second-order valence-electron chi connectivity index (χ2n) is 16.6. The molecule has 4 heterocycles. The fourth-order valence-corrected chi connectivity index (χ4v) is 8.54. The van der Waals surface area contributed by atoms with Gasteiger partial charge in [-0.1, -0.05) is 136 Å². The van der Waals surface area contributed by atoms with Gasteiger partial charge in [-0.3, -0.25) is 0 Å². The Labute approximate surface area is 348 Å². The van der Waals surface area contributed by atoms with E-state index in [2.05, 4.69) is 142 Å².